The Balaban J connectivity index is 3.08. The van der Waals surface area contributed by atoms with Crippen LogP contribution in [0.15, 0.2) is 16.6 Å². The number of carbonyl (C=O) groups is 1. The lowest BCUT2D eigenvalue weighted by molar-refractivity contribution is -0.140. The predicted octanol–water partition coefficient (Wildman–Crippen LogP) is 3.44. The van der Waals surface area contributed by atoms with E-state index in [0.29, 0.717) is 18.0 Å². The number of methoxy groups -OCH3 is 1. The van der Waals surface area contributed by atoms with Crippen LogP contribution in [0.4, 0.5) is 0 Å². The van der Waals surface area contributed by atoms with Crippen molar-refractivity contribution in [1.82, 2.24) is 5.32 Å². The lowest BCUT2D eigenvalue weighted by Crippen LogP contribution is -2.40. The molecule has 0 spiro atoms. The number of hydrogen-bond acceptors (Lipinski definition) is 4. The fraction of sp³-hybridized carbons (Fsp3) is 0.562. The molecule has 2 N–H and O–H groups in total. The quantitative estimate of drug-likeness (QED) is 0.730. The Bertz CT molecular complexity index is 517. The molecule has 0 fully saturated rings. The number of carboxylic acid groups (broad SMARTS) is 1. The molecular formula is C16H24BrNO4. The number of carboxylic acids is 1. The van der Waals surface area contributed by atoms with E-state index >= 15 is 0 Å². The van der Waals surface area contributed by atoms with Gasteiger partial charge in [-0.25, -0.2) is 0 Å². The highest BCUT2D eigenvalue weighted by atomic mass is 79.9. The van der Waals surface area contributed by atoms with E-state index in [2.05, 4.69) is 21.2 Å². The van der Waals surface area contributed by atoms with Crippen molar-refractivity contribution in [3.8, 4) is 11.5 Å². The fourth-order valence-electron chi connectivity index (χ4n) is 2.09. The van der Waals surface area contributed by atoms with Crippen molar-refractivity contribution in [3.05, 3.63) is 22.2 Å². The van der Waals surface area contributed by atoms with Crippen molar-refractivity contribution in [3.63, 3.8) is 0 Å². The smallest absolute Gasteiger partial charge is 0.320 e. The first-order chi connectivity index (χ1) is 10.3. The third-order valence-corrected chi connectivity index (χ3v) is 3.92. The van der Waals surface area contributed by atoms with Gasteiger partial charge in [-0.05, 0) is 31.9 Å². The van der Waals surface area contributed by atoms with Crippen LogP contribution in [0, 0.1) is 5.92 Å². The number of ether oxygens (including phenoxy) is 2. The van der Waals surface area contributed by atoms with Crippen LogP contribution < -0.4 is 14.8 Å². The summed E-state index contributed by atoms with van der Waals surface area (Å²) in [6.45, 7) is 7.99. The van der Waals surface area contributed by atoms with Crippen molar-refractivity contribution < 1.29 is 19.4 Å². The van der Waals surface area contributed by atoms with Gasteiger partial charge < -0.3 is 14.6 Å². The largest absolute Gasteiger partial charge is 0.493 e. The van der Waals surface area contributed by atoms with Gasteiger partial charge in [0.1, 0.15) is 6.04 Å². The minimum atomic E-state index is -0.861. The second-order valence-corrected chi connectivity index (χ2v) is 6.52. The second-order valence-electron chi connectivity index (χ2n) is 5.66. The predicted molar refractivity (Wildman–Crippen MR) is 89.6 cm³/mol. The minimum Gasteiger partial charge on any atom is -0.493 e. The summed E-state index contributed by atoms with van der Waals surface area (Å²) in [5.74, 6) is 0.383. The van der Waals surface area contributed by atoms with Crippen molar-refractivity contribution in [2.45, 2.75) is 46.4 Å². The second kappa shape index (κ2) is 8.39. The highest BCUT2D eigenvalue weighted by molar-refractivity contribution is 9.10. The molecule has 1 rings (SSSR count). The topological polar surface area (TPSA) is 67.8 Å². The fourth-order valence-corrected chi connectivity index (χ4v) is 2.55. The molecule has 1 atom stereocenters. The zero-order valence-electron chi connectivity index (χ0n) is 13.6. The summed E-state index contributed by atoms with van der Waals surface area (Å²) >= 11 is 3.50. The summed E-state index contributed by atoms with van der Waals surface area (Å²) in [5, 5.41) is 12.4. The third-order valence-electron chi connectivity index (χ3n) is 3.17. The van der Waals surface area contributed by atoms with Crippen molar-refractivity contribution >= 4 is 21.9 Å². The lowest BCUT2D eigenvalue weighted by Gasteiger charge is -2.22. The molecule has 6 heteroatoms. The Morgan fingerprint density at radius 3 is 2.41 bits per heavy atom. The Kier molecular flexibility index (Phi) is 7.16. The minimum absolute atomic E-state index is 0.0117. The Hall–Kier alpha value is -1.27. The van der Waals surface area contributed by atoms with Crippen LogP contribution in [-0.4, -0.2) is 30.3 Å². The number of benzene rings is 1. The Morgan fingerprint density at radius 1 is 1.32 bits per heavy atom. The average Bonchev–Trinajstić information content (AvgIpc) is 2.40. The van der Waals surface area contributed by atoms with E-state index in [9.17, 15) is 9.90 Å². The van der Waals surface area contributed by atoms with E-state index in [1.165, 1.54) is 0 Å². The van der Waals surface area contributed by atoms with Gasteiger partial charge in [-0.2, -0.15) is 0 Å². The van der Waals surface area contributed by atoms with Gasteiger partial charge in [-0.1, -0.05) is 29.8 Å². The standard InChI is InChI=1S/C16H24BrNO4/c1-9(2)14(16(19)20)18-8-11-12(17)6-7-13(21-5)15(11)22-10(3)4/h6-7,9-10,14,18H,8H2,1-5H3,(H,19,20). The summed E-state index contributed by atoms with van der Waals surface area (Å²) in [5.41, 5.74) is 0.847. The molecule has 1 aromatic rings. The van der Waals surface area contributed by atoms with Crippen molar-refractivity contribution in [1.29, 1.82) is 0 Å². The van der Waals surface area contributed by atoms with Crippen LogP contribution in [0.2, 0.25) is 0 Å². The van der Waals surface area contributed by atoms with Gasteiger partial charge in [-0.15, -0.1) is 0 Å². The Morgan fingerprint density at radius 2 is 1.95 bits per heavy atom. The highest BCUT2D eigenvalue weighted by Gasteiger charge is 2.23. The van der Waals surface area contributed by atoms with E-state index in [0.717, 1.165) is 10.0 Å². The van der Waals surface area contributed by atoms with Gasteiger partial charge in [0, 0.05) is 16.6 Å². The molecule has 0 saturated heterocycles. The first-order valence-corrected chi connectivity index (χ1v) is 8.05. The van der Waals surface area contributed by atoms with Crippen molar-refractivity contribution in [2.24, 2.45) is 5.92 Å². The third kappa shape index (κ3) is 4.88. The van der Waals surface area contributed by atoms with Gasteiger partial charge in [0.05, 0.1) is 13.2 Å². The maximum Gasteiger partial charge on any atom is 0.320 e. The molecule has 0 amide bonds. The van der Waals surface area contributed by atoms with Gasteiger partial charge in [0.15, 0.2) is 11.5 Å². The first kappa shape index (κ1) is 18.8. The molecule has 0 aliphatic heterocycles. The van der Waals surface area contributed by atoms with Crippen LogP contribution >= 0.6 is 15.9 Å². The van der Waals surface area contributed by atoms with E-state index in [1.807, 2.05) is 39.8 Å². The molecule has 124 valence electrons. The zero-order valence-corrected chi connectivity index (χ0v) is 15.2. The van der Waals surface area contributed by atoms with Crippen LogP contribution in [0.5, 0.6) is 11.5 Å². The van der Waals surface area contributed by atoms with E-state index in [4.69, 9.17) is 9.47 Å². The zero-order chi connectivity index (χ0) is 16.9. The van der Waals surface area contributed by atoms with Gasteiger partial charge in [0.25, 0.3) is 0 Å². The number of rotatable bonds is 8. The summed E-state index contributed by atoms with van der Waals surface area (Å²) in [7, 11) is 1.59. The molecule has 1 unspecified atom stereocenters. The Labute approximate surface area is 140 Å². The number of aliphatic carboxylic acids is 1. The van der Waals surface area contributed by atoms with Crippen molar-refractivity contribution in [2.75, 3.05) is 7.11 Å². The lowest BCUT2D eigenvalue weighted by atomic mass is 10.0. The van der Waals surface area contributed by atoms with Gasteiger partial charge in [-0.3, -0.25) is 10.1 Å². The molecule has 1 aromatic carbocycles. The normalized spacial score (nSPS) is 12.5. The summed E-state index contributed by atoms with van der Waals surface area (Å²) in [6, 6.07) is 3.07. The number of halogens is 1. The maximum atomic E-state index is 11.3. The van der Waals surface area contributed by atoms with Crippen LogP contribution in [0.3, 0.4) is 0 Å². The molecule has 0 bridgehead atoms. The molecule has 0 radical (unpaired) electrons. The van der Waals surface area contributed by atoms with Crippen LogP contribution in [-0.2, 0) is 11.3 Å². The maximum absolute atomic E-state index is 11.3. The summed E-state index contributed by atoms with van der Waals surface area (Å²) in [4.78, 5) is 11.3. The summed E-state index contributed by atoms with van der Waals surface area (Å²) in [6.07, 6.45) is -0.0117. The molecule has 0 aliphatic rings. The molecule has 5 nitrogen and oxygen atoms in total. The van der Waals surface area contributed by atoms with Gasteiger partial charge in [0.2, 0.25) is 0 Å². The van der Waals surface area contributed by atoms with E-state index in [-0.39, 0.29) is 12.0 Å². The highest BCUT2D eigenvalue weighted by Crippen LogP contribution is 2.37. The molecule has 0 aliphatic carbocycles. The molecule has 0 aromatic heterocycles. The molecule has 0 heterocycles. The average molecular weight is 374 g/mol. The molecular weight excluding hydrogens is 350 g/mol. The first-order valence-electron chi connectivity index (χ1n) is 7.26. The SMILES string of the molecule is COc1ccc(Br)c(CNC(C(=O)O)C(C)C)c1OC(C)C. The monoisotopic (exact) mass is 373 g/mol. The van der Waals surface area contributed by atoms with E-state index < -0.39 is 12.0 Å². The van der Waals surface area contributed by atoms with Crippen LogP contribution in [0.1, 0.15) is 33.3 Å². The number of hydrogen-bond donors (Lipinski definition) is 2. The van der Waals surface area contributed by atoms with E-state index in [1.54, 1.807) is 7.11 Å². The molecule has 22 heavy (non-hydrogen) atoms. The number of nitrogens with one attached hydrogen (secondary N) is 1. The molecule has 0 saturated carbocycles. The van der Waals surface area contributed by atoms with Crippen LogP contribution in [0.25, 0.3) is 0 Å². The summed E-state index contributed by atoms with van der Waals surface area (Å²) < 4.78 is 12.1. The van der Waals surface area contributed by atoms with Gasteiger partial charge >= 0.3 is 5.97 Å².